The number of hydrogen-bond donors (Lipinski definition) is 2. The summed E-state index contributed by atoms with van der Waals surface area (Å²) in [5.41, 5.74) is 0.636. The zero-order valence-electron chi connectivity index (χ0n) is 16.3. The Bertz CT molecular complexity index is 807. The molecular formula is C18H24Cl2N6O2. The Kier molecular flexibility index (Phi) is 7.79. The fourth-order valence-corrected chi connectivity index (χ4v) is 2.76. The van der Waals surface area contributed by atoms with Crippen LogP contribution >= 0.6 is 23.2 Å². The zero-order chi connectivity index (χ0) is 20.8. The minimum absolute atomic E-state index is 0.143. The fourth-order valence-electron chi connectivity index (χ4n) is 2.46. The van der Waals surface area contributed by atoms with Gasteiger partial charge in [-0.15, -0.1) is 0 Å². The number of amides is 2. The fraction of sp³-hybridized carbons (Fsp3) is 0.444. The second-order valence-electron chi connectivity index (χ2n) is 6.77. The van der Waals surface area contributed by atoms with E-state index >= 15 is 0 Å². The van der Waals surface area contributed by atoms with Gasteiger partial charge in [0.1, 0.15) is 0 Å². The highest BCUT2D eigenvalue weighted by Gasteiger charge is 2.37. The Morgan fingerprint density at radius 1 is 1.25 bits per heavy atom. The van der Waals surface area contributed by atoms with E-state index in [2.05, 4.69) is 25.5 Å². The number of benzene rings is 1. The molecule has 0 spiro atoms. The lowest BCUT2D eigenvalue weighted by Crippen LogP contribution is -2.39. The average Bonchev–Trinajstić information content (AvgIpc) is 2.88. The Hall–Kier alpha value is -2.16. The minimum atomic E-state index is -0.714. The summed E-state index contributed by atoms with van der Waals surface area (Å²) in [5, 5.41) is 6.38. The lowest BCUT2D eigenvalue weighted by Gasteiger charge is -2.19. The zero-order valence-corrected chi connectivity index (χ0v) is 17.8. The SMILES string of the molecule is CC(C)N1C(=O)C(=O)NC1=NC(=NCCCN(C)C)Nc1ccc(Cl)c(Cl)c1. The maximum Gasteiger partial charge on any atom is 0.319 e. The molecule has 1 saturated heterocycles. The van der Waals surface area contributed by atoms with Crippen molar-refractivity contribution in [1.29, 1.82) is 0 Å². The monoisotopic (exact) mass is 426 g/mol. The van der Waals surface area contributed by atoms with Crippen molar-refractivity contribution in [2.75, 3.05) is 32.5 Å². The molecule has 0 unspecified atom stereocenters. The van der Waals surface area contributed by atoms with Gasteiger partial charge in [-0.2, -0.15) is 4.99 Å². The van der Waals surface area contributed by atoms with Crippen LogP contribution < -0.4 is 10.6 Å². The standard InChI is InChI=1S/C18H24Cl2N6O2/c1-11(2)26-16(28)15(27)23-18(26)24-17(21-8-5-9-25(3)4)22-12-6-7-13(19)14(20)10-12/h6-7,10-11H,5,8-9H2,1-4H3,(H2,21,22,23,24,27). The van der Waals surface area contributed by atoms with E-state index in [1.807, 2.05) is 14.1 Å². The van der Waals surface area contributed by atoms with Crippen molar-refractivity contribution in [3.63, 3.8) is 0 Å². The Balaban J connectivity index is 2.29. The number of anilines is 1. The summed E-state index contributed by atoms with van der Waals surface area (Å²) in [5.74, 6) is -0.957. The second-order valence-corrected chi connectivity index (χ2v) is 7.59. The molecule has 1 aromatic carbocycles. The van der Waals surface area contributed by atoms with E-state index in [0.717, 1.165) is 13.0 Å². The van der Waals surface area contributed by atoms with E-state index in [0.29, 0.717) is 22.3 Å². The summed E-state index contributed by atoms with van der Waals surface area (Å²) < 4.78 is 0. The normalized spacial score (nSPS) is 16.5. The summed E-state index contributed by atoms with van der Waals surface area (Å²) in [4.78, 5) is 36.0. The second kappa shape index (κ2) is 9.86. The van der Waals surface area contributed by atoms with Crippen LogP contribution in [0.15, 0.2) is 28.2 Å². The molecule has 2 amide bonds. The van der Waals surface area contributed by atoms with Gasteiger partial charge in [-0.1, -0.05) is 23.2 Å². The predicted octanol–water partition coefficient (Wildman–Crippen LogP) is 2.44. The van der Waals surface area contributed by atoms with Crippen LogP contribution in [0.25, 0.3) is 0 Å². The third kappa shape index (κ3) is 5.92. The van der Waals surface area contributed by atoms with Crippen molar-refractivity contribution < 1.29 is 9.59 Å². The molecule has 28 heavy (non-hydrogen) atoms. The number of hydrogen-bond acceptors (Lipinski definition) is 4. The Morgan fingerprint density at radius 3 is 2.57 bits per heavy atom. The summed E-state index contributed by atoms with van der Waals surface area (Å²) >= 11 is 12.0. The summed E-state index contributed by atoms with van der Waals surface area (Å²) in [6.45, 7) is 4.98. The number of guanidine groups is 2. The summed E-state index contributed by atoms with van der Waals surface area (Å²) in [6.07, 6.45) is 0.823. The van der Waals surface area contributed by atoms with Gasteiger partial charge in [0.15, 0.2) is 0 Å². The molecule has 1 heterocycles. The molecule has 0 aliphatic carbocycles. The van der Waals surface area contributed by atoms with Crippen molar-refractivity contribution >= 4 is 52.6 Å². The van der Waals surface area contributed by atoms with E-state index in [1.54, 1.807) is 32.0 Å². The number of nitrogens with one attached hydrogen (secondary N) is 2. The van der Waals surface area contributed by atoms with Crippen LogP contribution in [0.2, 0.25) is 10.0 Å². The molecule has 1 fully saturated rings. The Morgan fingerprint density at radius 2 is 1.96 bits per heavy atom. The van der Waals surface area contributed by atoms with E-state index < -0.39 is 11.8 Å². The van der Waals surface area contributed by atoms with Crippen LogP contribution in [0, 0.1) is 0 Å². The van der Waals surface area contributed by atoms with Crippen LogP contribution in [0.3, 0.4) is 0 Å². The topological polar surface area (TPSA) is 89.4 Å². The minimum Gasteiger partial charge on any atom is -0.324 e. The first-order valence-electron chi connectivity index (χ1n) is 8.83. The first kappa shape index (κ1) is 22.1. The van der Waals surface area contributed by atoms with Gasteiger partial charge in [0.25, 0.3) is 0 Å². The van der Waals surface area contributed by atoms with Crippen molar-refractivity contribution in [2.24, 2.45) is 9.98 Å². The number of carbonyl (C=O) groups is 2. The molecule has 0 radical (unpaired) electrons. The Labute approximate surface area is 174 Å². The molecule has 0 saturated carbocycles. The lowest BCUT2D eigenvalue weighted by molar-refractivity contribution is -0.140. The van der Waals surface area contributed by atoms with Gasteiger partial charge in [-0.05, 0) is 59.1 Å². The number of aliphatic imine (C=N–C) groups is 2. The highest BCUT2D eigenvalue weighted by atomic mass is 35.5. The molecule has 152 valence electrons. The number of halogens is 2. The van der Waals surface area contributed by atoms with Gasteiger partial charge in [-0.3, -0.25) is 24.8 Å². The van der Waals surface area contributed by atoms with Crippen LogP contribution in [0.1, 0.15) is 20.3 Å². The van der Waals surface area contributed by atoms with Crippen LogP contribution in [-0.4, -0.2) is 66.8 Å². The molecule has 8 nitrogen and oxygen atoms in total. The van der Waals surface area contributed by atoms with E-state index in [1.165, 1.54) is 4.90 Å². The van der Waals surface area contributed by atoms with Crippen LogP contribution in [0.4, 0.5) is 5.69 Å². The quantitative estimate of drug-likeness (QED) is 0.316. The molecule has 1 aromatic rings. The highest BCUT2D eigenvalue weighted by Crippen LogP contribution is 2.25. The number of carbonyl (C=O) groups excluding carboxylic acids is 2. The third-order valence-electron chi connectivity index (χ3n) is 3.80. The van der Waals surface area contributed by atoms with Crippen molar-refractivity contribution in [2.45, 2.75) is 26.3 Å². The molecule has 2 rings (SSSR count). The summed E-state index contributed by atoms with van der Waals surface area (Å²) in [6, 6.07) is 4.81. The maximum absolute atomic E-state index is 12.0. The van der Waals surface area contributed by atoms with Crippen LogP contribution in [0.5, 0.6) is 0 Å². The molecule has 0 atom stereocenters. The van der Waals surface area contributed by atoms with E-state index in [4.69, 9.17) is 23.2 Å². The van der Waals surface area contributed by atoms with Crippen molar-refractivity contribution in [1.82, 2.24) is 15.1 Å². The molecule has 2 N–H and O–H groups in total. The first-order chi connectivity index (χ1) is 13.2. The predicted molar refractivity (Wildman–Crippen MR) is 113 cm³/mol. The summed E-state index contributed by atoms with van der Waals surface area (Å²) in [7, 11) is 3.97. The van der Waals surface area contributed by atoms with Gasteiger partial charge in [-0.25, -0.2) is 0 Å². The molecular weight excluding hydrogens is 403 g/mol. The smallest absolute Gasteiger partial charge is 0.319 e. The van der Waals surface area contributed by atoms with Crippen molar-refractivity contribution in [3.05, 3.63) is 28.2 Å². The van der Waals surface area contributed by atoms with Gasteiger partial charge in [0.05, 0.1) is 10.0 Å². The van der Waals surface area contributed by atoms with Gasteiger partial charge in [0, 0.05) is 18.3 Å². The maximum atomic E-state index is 12.0. The molecule has 10 heteroatoms. The van der Waals surface area contributed by atoms with Gasteiger partial charge >= 0.3 is 11.8 Å². The molecule has 1 aliphatic rings. The molecule has 0 bridgehead atoms. The first-order valence-corrected chi connectivity index (χ1v) is 9.59. The lowest BCUT2D eigenvalue weighted by atomic mass is 10.3. The van der Waals surface area contributed by atoms with Crippen LogP contribution in [-0.2, 0) is 9.59 Å². The third-order valence-corrected chi connectivity index (χ3v) is 4.53. The van der Waals surface area contributed by atoms with Crippen molar-refractivity contribution in [3.8, 4) is 0 Å². The van der Waals surface area contributed by atoms with Gasteiger partial charge < -0.3 is 10.2 Å². The number of rotatable bonds is 6. The molecule has 0 aromatic heterocycles. The molecule has 1 aliphatic heterocycles. The largest absolute Gasteiger partial charge is 0.324 e. The number of nitrogens with zero attached hydrogens (tertiary/aromatic N) is 4. The van der Waals surface area contributed by atoms with E-state index in [9.17, 15) is 9.59 Å². The van der Waals surface area contributed by atoms with Gasteiger partial charge in [0.2, 0.25) is 11.9 Å². The average molecular weight is 427 g/mol. The highest BCUT2D eigenvalue weighted by molar-refractivity contribution is 6.46. The van der Waals surface area contributed by atoms with E-state index in [-0.39, 0.29) is 18.0 Å².